The van der Waals surface area contributed by atoms with Crippen molar-refractivity contribution < 1.29 is 0 Å². The van der Waals surface area contributed by atoms with Crippen LogP contribution in [-0.4, -0.2) is 23.1 Å². The second-order valence-electron chi connectivity index (χ2n) is 2.82. The molecule has 0 amide bonds. The van der Waals surface area contributed by atoms with Gasteiger partial charge in [0, 0.05) is 24.8 Å². The topological polar surface area (TPSA) is 29.0 Å². The fourth-order valence-corrected chi connectivity index (χ4v) is 1.20. The van der Waals surface area contributed by atoms with Crippen LogP contribution in [0.25, 0.3) is 0 Å². The highest BCUT2D eigenvalue weighted by Crippen LogP contribution is 2.19. The summed E-state index contributed by atoms with van der Waals surface area (Å²) in [6, 6.07) is 0. The van der Waals surface area contributed by atoms with E-state index in [1.54, 1.807) is 6.20 Å². The summed E-state index contributed by atoms with van der Waals surface area (Å²) in [6.07, 6.45) is 5.70. The Morgan fingerprint density at radius 1 is 1.55 bits per heavy atom. The van der Waals surface area contributed by atoms with Crippen LogP contribution in [0.3, 0.4) is 0 Å². The zero-order valence-corrected chi connectivity index (χ0v) is 6.54. The van der Waals surface area contributed by atoms with E-state index < -0.39 is 0 Å². The molecule has 3 nitrogen and oxygen atoms in total. The molecule has 1 aromatic heterocycles. The van der Waals surface area contributed by atoms with Gasteiger partial charge in [0.1, 0.15) is 5.82 Å². The summed E-state index contributed by atoms with van der Waals surface area (Å²) >= 11 is 0. The van der Waals surface area contributed by atoms with Gasteiger partial charge in [0.25, 0.3) is 0 Å². The van der Waals surface area contributed by atoms with Gasteiger partial charge >= 0.3 is 0 Å². The largest absolute Gasteiger partial charge is 0.356 e. The van der Waals surface area contributed by atoms with Crippen molar-refractivity contribution in [2.45, 2.75) is 13.3 Å². The molecule has 1 fully saturated rings. The minimum absolute atomic E-state index is 1.05. The summed E-state index contributed by atoms with van der Waals surface area (Å²) in [4.78, 5) is 10.2. The van der Waals surface area contributed by atoms with Crippen molar-refractivity contribution in [2.24, 2.45) is 0 Å². The fraction of sp³-hybridized carbons (Fsp3) is 0.500. The number of nitrogens with zero attached hydrogens (tertiary/aromatic N) is 3. The third kappa shape index (κ3) is 1.06. The summed E-state index contributed by atoms with van der Waals surface area (Å²) < 4.78 is 0. The van der Waals surface area contributed by atoms with Gasteiger partial charge in [-0.05, 0) is 13.3 Å². The first-order chi connectivity index (χ1) is 5.38. The zero-order chi connectivity index (χ0) is 7.68. The maximum absolute atomic E-state index is 4.09. The first-order valence-corrected chi connectivity index (χ1v) is 3.82. The Kier molecular flexibility index (Phi) is 1.49. The number of hydrogen-bond donors (Lipinski definition) is 0. The van der Waals surface area contributed by atoms with Crippen molar-refractivity contribution in [2.75, 3.05) is 18.0 Å². The van der Waals surface area contributed by atoms with Crippen molar-refractivity contribution in [3.05, 3.63) is 18.1 Å². The molecule has 57 valence electrons. The van der Waals surface area contributed by atoms with Crippen LogP contribution in [0.2, 0.25) is 0 Å². The lowest BCUT2D eigenvalue weighted by atomic mass is 10.2. The summed E-state index contributed by atoms with van der Waals surface area (Å²) in [7, 11) is 0. The smallest absolute Gasteiger partial charge is 0.199 e. The first-order valence-electron chi connectivity index (χ1n) is 3.82. The first kappa shape index (κ1) is 6.58. The predicted octanol–water partition coefficient (Wildman–Crippen LogP) is 0.795. The van der Waals surface area contributed by atoms with Crippen LogP contribution in [-0.2, 0) is 0 Å². The molecule has 0 unspecified atom stereocenters. The van der Waals surface area contributed by atoms with E-state index in [0.29, 0.717) is 0 Å². The number of aryl methyl sites for hydroxylation is 1. The van der Waals surface area contributed by atoms with Crippen LogP contribution < -0.4 is 4.90 Å². The molecule has 11 heavy (non-hydrogen) atoms. The molecular formula is C8H10N3. The van der Waals surface area contributed by atoms with Crippen molar-refractivity contribution in [1.29, 1.82) is 0 Å². The molecule has 2 rings (SSSR count). The Labute approximate surface area is 66.1 Å². The molecule has 0 bridgehead atoms. The van der Waals surface area contributed by atoms with E-state index in [0.717, 1.165) is 24.5 Å². The molecule has 1 aliphatic heterocycles. The average Bonchev–Trinajstić information content (AvgIpc) is 1.90. The number of anilines is 1. The van der Waals surface area contributed by atoms with Crippen LogP contribution >= 0.6 is 0 Å². The second-order valence-corrected chi connectivity index (χ2v) is 2.82. The Hall–Kier alpha value is -1.12. The lowest BCUT2D eigenvalue weighted by molar-refractivity contribution is 0.606. The third-order valence-corrected chi connectivity index (χ3v) is 1.98. The minimum Gasteiger partial charge on any atom is -0.356 e. The molecule has 0 spiro atoms. The van der Waals surface area contributed by atoms with E-state index in [4.69, 9.17) is 0 Å². The average molecular weight is 148 g/mol. The number of rotatable bonds is 1. The van der Waals surface area contributed by atoms with Gasteiger partial charge in [-0.2, -0.15) is 0 Å². The molecule has 1 aromatic rings. The van der Waals surface area contributed by atoms with Crippen LogP contribution in [0.1, 0.15) is 12.0 Å². The van der Waals surface area contributed by atoms with Gasteiger partial charge < -0.3 is 4.90 Å². The zero-order valence-electron chi connectivity index (χ0n) is 6.54. The normalized spacial score (nSPS) is 16.3. The molecule has 1 radical (unpaired) electrons. The molecule has 0 atom stereocenters. The van der Waals surface area contributed by atoms with Crippen LogP contribution in [0.5, 0.6) is 0 Å². The van der Waals surface area contributed by atoms with E-state index in [9.17, 15) is 0 Å². The van der Waals surface area contributed by atoms with Gasteiger partial charge in [-0.1, -0.05) is 0 Å². The van der Waals surface area contributed by atoms with E-state index in [2.05, 4.69) is 21.2 Å². The standard InChI is InChI=1S/C8H10N3/c1-7-5-9-6-10-8(7)11-3-2-4-11/h5H,2-4H2,1H3. The fourth-order valence-electron chi connectivity index (χ4n) is 1.20. The van der Waals surface area contributed by atoms with Crippen molar-refractivity contribution >= 4 is 5.82 Å². The highest BCUT2D eigenvalue weighted by molar-refractivity contribution is 5.46. The minimum atomic E-state index is 1.05. The molecule has 2 heterocycles. The monoisotopic (exact) mass is 148 g/mol. The third-order valence-electron chi connectivity index (χ3n) is 1.98. The predicted molar refractivity (Wildman–Crippen MR) is 42.4 cm³/mol. The summed E-state index contributed by atoms with van der Waals surface area (Å²) in [5, 5.41) is 0. The molecule has 0 aromatic carbocycles. The SMILES string of the molecule is Cc1cn[c]nc1N1CCC1. The van der Waals surface area contributed by atoms with Crippen molar-refractivity contribution in [3.63, 3.8) is 0 Å². The number of hydrogen-bond acceptors (Lipinski definition) is 3. The number of aromatic nitrogens is 2. The second kappa shape index (κ2) is 2.49. The van der Waals surface area contributed by atoms with E-state index in [1.807, 2.05) is 6.92 Å². The van der Waals surface area contributed by atoms with Gasteiger partial charge in [0.15, 0.2) is 6.33 Å². The Morgan fingerprint density at radius 3 is 2.91 bits per heavy atom. The molecule has 0 N–H and O–H groups in total. The lowest BCUT2D eigenvalue weighted by Gasteiger charge is -2.32. The maximum atomic E-state index is 4.09. The van der Waals surface area contributed by atoms with Crippen molar-refractivity contribution in [3.8, 4) is 0 Å². The Morgan fingerprint density at radius 2 is 2.36 bits per heavy atom. The highest BCUT2D eigenvalue weighted by atomic mass is 15.2. The molecule has 0 aliphatic carbocycles. The van der Waals surface area contributed by atoms with Crippen LogP contribution in [0, 0.1) is 13.3 Å². The van der Waals surface area contributed by atoms with Gasteiger partial charge in [-0.25, -0.2) is 9.97 Å². The van der Waals surface area contributed by atoms with E-state index >= 15 is 0 Å². The lowest BCUT2D eigenvalue weighted by Crippen LogP contribution is -2.38. The summed E-state index contributed by atoms with van der Waals surface area (Å²) in [6.45, 7) is 4.29. The van der Waals surface area contributed by atoms with Gasteiger partial charge in [0.05, 0.1) is 0 Å². The Balaban J connectivity index is 2.28. The Bertz CT molecular complexity index is 255. The van der Waals surface area contributed by atoms with Gasteiger partial charge in [0.2, 0.25) is 0 Å². The van der Waals surface area contributed by atoms with E-state index in [-0.39, 0.29) is 0 Å². The molecular weight excluding hydrogens is 138 g/mol. The molecule has 1 saturated heterocycles. The molecule has 0 saturated carbocycles. The van der Waals surface area contributed by atoms with Crippen molar-refractivity contribution in [1.82, 2.24) is 9.97 Å². The van der Waals surface area contributed by atoms with Gasteiger partial charge in [-0.15, -0.1) is 0 Å². The highest BCUT2D eigenvalue weighted by Gasteiger charge is 2.16. The summed E-state index contributed by atoms with van der Waals surface area (Å²) in [5.74, 6) is 1.05. The van der Waals surface area contributed by atoms with Crippen LogP contribution in [0.4, 0.5) is 5.82 Å². The molecule has 1 aliphatic rings. The van der Waals surface area contributed by atoms with E-state index in [1.165, 1.54) is 6.42 Å². The van der Waals surface area contributed by atoms with Gasteiger partial charge in [-0.3, -0.25) is 0 Å². The summed E-state index contributed by atoms with van der Waals surface area (Å²) in [5.41, 5.74) is 1.14. The van der Waals surface area contributed by atoms with Crippen LogP contribution in [0.15, 0.2) is 6.20 Å². The maximum Gasteiger partial charge on any atom is 0.199 e. The quantitative estimate of drug-likeness (QED) is 0.589. The molecule has 3 heteroatoms.